The Morgan fingerprint density at radius 3 is 3.31 bits per heavy atom. The van der Waals surface area contributed by atoms with Gasteiger partial charge in [0.15, 0.2) is 0 Å². The van der Waals surface area contributed by atoms with Gasteiger partial charge in [0.1, 0.15) is 11.5 Å². The number of aliphatic imine (C=N–C) groups is 1. The molecule has 0 aliphatic carbocycles. The van der Waals surface area contributed by atoms with Crippen molar-refractivity contribution in [2.24, 2.45) is 4.99 Å². The number of pyridine rings is 1. The molecule has 0 unspecified atom stereocenters. The van der Waals surface area contributed by atoms with Crippen LogP contribution in [0.5, 0.6) is 0 Å². The predicted molar refractivity (Wildman–Crippen MR) is 46.7 cm³/mol. The van der Waals surface area contributed by atoms with E-state index in [9.17, 15) is 4.79 Å². The summed E-state index contributed by atoms with van der Waals surface area (Å²) in [5.41, 5.74) is 1.42. The van der Waals surface area contributed by atoms with Crippen molar-refractivity contribution < 1.29 is 4.79 Å². The van der Waals surface area contributed by atoms with E-state index in [0.29, 0.717) is 12.2 Å². The summed E-state index contributed by atoms with van der Waals surface area (Å²) in [6.07, 6.45) is 1.64. The third kappa shape index (κ3) is 0.722. The molecular weight excluding hydrogens is 166 g/mol. The van der Waals surface area contributed by atoms with Crippen LogP contribution in [-0.2, 0) is 0 Å². The molecule has 3 heterocycles. The zero-order chi connectivity index (χ0) is 8.84. The molecule has 0 N–H and O–H groups in total. The second-order valence-electron chi connectivity index (χ2n) is 3.06. The Morgan fingerprint density at radius 2 is 2.38 bits per heavy atom. The van der Waals surface area contributed by atoms with Crippen molar-refractivity contribution in [3.8, 4) is 0 Å². The highest BCUT2D eigenvalue weighted by atomic mass is 16.2. The maximum Gasteiger partial charge on any atom is 0.278 e. The van der Waals surface area contributed by atoms with E-state index in [2.05, 4.69) is 9.98 Å². The van der Waals surface area contributed by atoms with Gasteiger partial charge in [-0.3, -0.25) is 19.7 Å². The molecule has 4 heteroatoms. The van der Waals surface area contributed by atoms with Gasteiger partial charge in [0.05, 0.1) is 6.54 Å². The lowest BCUT2D eigenvalue weighted by Crippen LogP contribution is -2.27. The molecule has 1 amide bonds. The third-order valence-electron chi connectivity index (χ3n) is 2.34. The number of aromatic nitrogens is 1. The van der Waals surface area contributed by atoms with Crippen LogP contribution < -0.4 is 0 Å². The molecule has 13 heavy (non-hydrogen) atoms. The summed E-state index contributed by atoms with van der Waals surface area (Å²) in [5.74, 6) is 0.792. The van der Waals surface area contributed by atoms with Gasteiger partial charge in [0.2, 0.25) is 0 Å². The smallest absolute Gasteiger partial charge is 0.278 e. The zero-order valence-corrected chi connectivity index (χ0v) is 6.90. The lowest BCUT2D eigenvalue weighted by atomic mass is 10.2. The van der Waals surface area contributed by atoms with E-state index >= 15 is 0 Å². The van der Waals surface area contributed by atoms with Crippen molar-refractivity contribution in [2.75, 3.05) is 13.1 Å². The predicted octanol–water partition coefficient (Wildman–Crippen LogP) is 0.298. The van der Waals surface area contributed by atoms with Gasteiger partial charge in [-0.15, -0.1) is 0 Å². The second kappa shape index (κ2) is 2.16. The molecule has 0 saturated heterocycles. The van der Waals surface area contributed by atoms with E-state index in [1.165, 1.54) is 0 Å². The molecule has 0 saturated carbocycles. The maximum atomic E-state index is 11.7. The molecule has 1 aromatic heterocycles. The highest BCUT2D eigenvalue weighted by Crippen LogP contribution is 2.23. The first kappa shape index (κ1) is 6.77. The number of hydrogen-bond donors (Lipinski definition) is 0. The van der Waals surface area contributed by atoms with Crippen LogP contribution in [-0.4, -0.2) is 34.7 Å². The van der Waals surface area contributed by atoms with Crippen molar-refractivity contribution in [1.82, 2.24) is 9.88 Å². The minimum Gasteiger partial charge on any atom is -0.289 e. The minimum absolute atomic E-state index is 0.00755. The quantitative estimate of drug-likeness (QED) is 0.566. The van der Waals surface area contributed by atoms with Crippen LogP contribution in [0.1, 0.15) is 16.1 Å². The SMILES string of the molecule is O=C1c2ncccc2C2=NCCN12. The molecule has 2 aliphatic rings. The van der Waals surface area contributed by atoms with Crippen molar-refractivity contribution in [2.45, 2.75) is 0 Å². The molecule has 0 radical (unpaired) electrons. The van der Waals surface area contributed by atoms with Gasteiger partial charge in [-0.2, -0.15) is 0 Å². The second-order valence-corrected chi connectivity index (χ2v) is 3.06. The number of nitrogens with zero attached hydrogens (tertiary/aromatic N) is 3. The summed E-state index contributed by atoms with van der Waals surface area (Å²) in [6.45, 7) is 1.42. The van der Waals surface area contributed by atoms with Crippen LogP contribution in [0.15, 0.2) is 23.3 Å². The van der Waals surface area contributed by atoms with Gasteiger partial charge < -0.3 is 0 Å². The van der Waals surface area contributed by atoms with E-state index in [-0.39, 0.29) is 5.91 Å². The number of hydrogen-bond acceptors (Lipinski definition) is 3. The van der Waals surface area contributed by atoms with E-state index in [1.807, 2.05) is 12.1 Å². The topological polar surface area (TPSA) is 45.6 Å². The van der Waals surface area contributed by atoms with Gasteiger partial charge in [0.25, 0.3) is 5.91 Å². The molecule has 0 atom stereocenters. The van der Waals surface area contributed by atoms with Crippen LogP contribution in [0.4, 0.5) is 0 Å². The molecule has 0 spiro atoms. The molecular formula is C9H7N3O. The highest BCUT2D eigenvalue weighted by Gasteiger charge is 2.36. The number of amides is 1. The summed E-state index contributed by atoms with van der Waals surface area (Å²) < 4.78 is 0. The number of rotatable bonds is 0. The van der Waals surface area contributed by atoms with E-state index in [0.717, 1.165) is 17.9 Å². The Kier molecular flexibility index (Phi) is 1.12. The van der Waals surface area contributed by atoms with Gasteiger partial charge >= 0.3 is 0 Å². The molecule has 2 aliphatic heterocycles. The maximum absolute atomic E-state index is 11.7. The summed E-state index contributed by atoms with van der Waals surface area (Å²) >= 11 is 0. The van der Waals surface area contributed by atoms with Crippen molar-refractivity contribution >= 4 is 11.7 Å². The first-order chi connectivity index (χ1) is 6.38. The first-order valence-corrected chi connectivity index (χ1v) is 4.19. The third-order valence-corrected chi connectivity index (χ3v) is 2.34. The average molecular weight is 173 g/mol. The molecule has 4 nitrogen and oxygen atoms in total. The standard InChI is InChI=1S/C9H7N3O/c13-9-7-6(2-1-3-10-7)8-11-4-5-12(8)9/h1-3H,4-5H2. The fourth-order valence-electron chi connectivity index (χ4n) is 1.76. The van der Waals surface area contributed by atoms with Crippen molar-refractivity contribution in [3.05, 3.63) is 29.6 Å². The number of carbonyl (C=O) groups excluding carboxylic acids is 1. The number of fused-ring (bicyclic) bond motifs is 3. The summed E-state index contributed by atoms with van der Waals surface area (Å²) in [6, 6.07) is 3.72. The number of amidine groups is 1. The van der Waals surface area contributed by atoms with E-state index < -0.39 is 0 Å². The van der Waals surface area contributed by atoms with Gasteiger partial charge in [-0.1, -0.05) is 0 Å². The summed E-state index contributed by atoms with van der Waals surface area (Å²) in [5, 5.41) is 0. The normalized spacial score (nSPS) is 18.6. The van der Waals surface area contributed by atoms with Crippen LogP contribution in [0.2, 0.25) is 0 Å². The summed E-state index contributed by atoms with van der Waals surface area (Å²) in [4.78, 5) is 21.7. The van der Waals surface area contributed by atoms with Gasteiger partial charge in [-0.25, -0.2) is 0 Å². The molecule has 1 aromatic rings. The highest BCUT2D eigenvalue weighted by molar-refractivity contribution is 6.23. The Bertz CT molecular complexity index is 425. The largest absolute Gasteiger partial charge is 0.289 e. The van der Waals surface area contributed by atoms with Crippen LogP contribution in [0.3, 0.4) is 0 Å². The minimum atomic E-state index is -0.00755. The molecule has 0 fully saturated rings. The Hall–Kier alpha value is -1.71. The van der Waals surface area contributed by atoms with Crippen LogP contribution >= 0.6 is 0 Å². The first-order valence-electron chi connectivity index (χ1n) is 4.19. The Morgan fingerprint density at radius 1 is 1.46 bits per heavy atom. The fourth-order valence-corrected chi connectivity index (χ4v) is 1.76. The van der Waals surface area contributed by atoms with E-state index in [4.69, 9.17) is 0 Å². The fraction of sp³-hybridized carbons (Fsp3) is 0.222. The summed E-state index contributed by atoms with van der Waals surface area (Å²) in [7, 11) is 0. The lowest BCUT2D eigenvalue weighted by molar-refractivity contribution is 0.0864. The monoisotopic (exact) mass is 173 g/mol. The van der Waals surface area contributed by atoms with E-state index in [1.54, 1.807) is 11.1 Å². The lowest BCUT2D eigenvalue weighted by Gasteiger charge is -2.06. The van der Waals surface area contributed by atoms with Crippen molar-refractivity contribution in [1.29, 1.82) is 0 Å². The van der Waals surface area contributed by atoms with Crippen molar-refractivity contribution in [3.63, 3.8) is 0 Å². The van der Waals surface area contributed by atoms with Crippen LogP contribution in [0, 0.1) is 0 Å². The molecule has 64 valence electrons. The molecule has 3 rings (SSSR count). The van der Waals surface area contributed by atoms with Gasteiger partial charge in [-0.05, 0) is 12.1 Å². The Labute approximate surface area is 74.9 Å². The molecule has 0 aromatic carbocycles. The average Bonchev–Trinajstić information content (AvgIpc) is 2.72. The molecule has 0 bridgehead atoms. The number of carbonyl (C=O) groups is 1. The van der Waals surface area contributed by atoms with Crippen LogP contribution in [0.25, 0.3) is 0 Å². The van der Waals surface area contributed by atoms with Gasteiger partial charge in [0, 0.05) is 18.3 Å². The Balaban J connectivity index is 2.29. The zero-order valence-electron chi connectivity index (χ0n) is 6.90.